The first-order chi connectivity index (χ1) is 11.1. The summed E-state index contributed by atoms with van der Waals surface area (Å²) in [7, 11) is 0. The van der Waals surface area contributed by atoms with Gasteiger partial charge in [0.15, 0.2) is 5.13 Å². The van der Waals surface area contributed by atoms with E-state index in [1.165, 1.54) is 11.3 Å². The van der Waals surface area contributed by atoms with Crippen molar-refractivity contribution in [1.82, 2.24) is 4.98 Å². The molecule has 4 nitrogen and oxygen atoms in total. The zero-order chi connectivity index (χ0) is 16.2. The molecule has 1 aromatic heterocycles. The fraction of sp³-hybridized carbons (Fsp3) is 0.0588. The van der Waals surface area contributed by atoms with Crippen LogP contribution in [0.3, 0.4) is 0 Å². The third-order valence-electron chi connectivity index (χ3n) is 3.28. The Hall–Kier alpha value is -2.37. The Morgan fingerprint density at radius 1 is 1.17 bits per heavy atom. The molecular formula is C17H14ClN3OS. The van der Waals surface area contributed by atoms with Crippen LogP contribution in [-0.2, 0) is 0 Å². The average Bonchev–Trinajstić information content (AvgIpc) is 3.04. The number of halogens is 1. The number of carbonyl (C=O) groups excluding carboxylic acids is 1. The second-order valence-electron chi connectivity index (χ2n) is 4.93. The summed E-state index contributed by atoms with van der Waals surface area (Å²) >= 11 is 7.54. The summed E-state index contributed by atoms with van der Waals surface area (Å²) < 4.78 is 0. The molecule has 3 rings (SSSR count). The molecule has 1 heterocycles. The molecule has 0 aliphatic heterocycles. The summed E-state index contributed by atoms with van der Waals surface area (Å²) in [4.78, 5) is 16.2. The summed E-state index contributed by atoms with van der Waals surface area (Å²) in [5.41, 5.74) is 3.28. The van der Waals surface area contributed by atoms with Crippen LogP contribution in [0.25, 0.3) is 0 Å². The average molecular weight is 344 g/mol. The molecule has 0 radical (unpaired) electrons. The van der Waals surface area contributed by atoms with E-state index >= 15 is 0 Å². The number of hydrogen-bond acceptors (Lipinski definition) is 4. The molecule has 6 heteroatoms. The summed E-state index contributed by atoms with van der Waals surface area (Å²) in [6.45, 7) is 1.94. The predicted molar refractivity (Wildman–Crippen MR) is 96.0 cm³/mol. The minimum absolute atomic E-state index is 0.174. The first-order valence-electron chi connectivity index (χ1n) is 6.96. The number of nitrogens with one attached hydrogen (secondary N) is 2. The molecule has 0 aliphatic rings. The monoisotopic (exact) mass is 343 g/mol. The molecule has 23 heavy (non-hydrogen) atoms. The molecule has 3 aromatic rings. The van der Waals surface area contributed by atoms with E-state index < -0.39 is 0 Å². The highest BCUT2D eigenvalue weighted by molar-refractivity contribution is 7.13. The largest absolute Gasteiger partial charge is 0.354 e. The van der Waals surface area contributed by atoms with Crippen molar-refractivity contribution in [3.05, 3.63) is 70.2 Å². The van der Waals surface area contributed by atoms with Gasteiger partial charge in [0.1, 0.15) is 0 Å². The van der Waals surface area contributed by atoms with E-state index in [0.717, 1.165) is 16.9 Å². The third kappa shape index (κ3) is 3.70. The standard InChI is InChI=1S/C17H14ClN3OS/c1-11-10-12(16(22)21-17-19-8-9-23-17)6-7-14(11)20-15-5-3-2-4-13(15)18/h2-10,20H,1H3,(H,19,21,22). The van der Waals surface area contributed by atoms with Gasteiger partial charge in [-0.2, -0.15) is 0 Å². The van der Waals surface area contributed by atoms with Crippen LogP contribution in [-0.4, -0.2) is 10.9 Å². The first kappa shape index (κ1) is 15.5. The zero-order valence-corrected chi connectivity index (χ0v) is 13.9. The summed E-state index contributed by atoms with van der Waals surface area (Å²) in [5.74, 6) is -0.174. The first-order valence-corrected chi connectivity index (χ1v) is 8.22. The van der Waals surface area contributed by atoms with Gasteiger partial charge in [-0.05, 0) is 42.8 Å². The number of benzene rings is 2. The zero-order valence-electron chi connectivity index (χ0n) is 12.3. The van der Waals surface area contributed by atoms with Crippen molar-refractivity contribution in [1.29, 1.82) is 0 Å². The molecule has 116 valence electrons. The van der Waals surface area contributed by atoms with Crippen LogP contribution >= 0.6 is 22.9 Å². The fourth-order valence-electron chi connectivity index (χ4n) is 2.11. The normalized spacial score (nSPS) is 10.3. The number of nitrogens with zero attached hydrogens (tertiary/aromatic N) is 1. The quantitative estimate of drug-likeness (QED) is 0.692. The van der Waals surface area contributed by atoms with Gasteiger partial charge < -0.3 is 5.32 Å². The van der Waals surface area contributed by atoms with Crippen LogP contribution in [0.4, 0.5) is 16.5 Å². The Balaban J connectivity index is 1.78. The van der Waals surface area contributed by atoms with Gasteiger partial charge in [0.2, 0.25) is 0 Å². The van der Waals surface area contributed by atoms with Crippen LogP contribution in [0.5, 0.6) is 0 Å². The van der Waals surface area contributed by atoms with Crippen LogP contribution in [0.15, 0.2) is 54.0 Å². The van der Waals surface area contributed by atoms with Gasteiger partial charge in [-0.3, -0.25) is 10.1 Å². The van der Waals surface area contributed by atoms with Crippen molar-refractivity contribution in [2.45, 2.75) is 6.92 Å². The third-order valence-corrected chi connectivity index (χ3v) is 4.30. The number of para-hydroxylation sites is 1. The number of aromatic nitrogens is 1. The predicted octanol–water partition coefficient (Wildman–Crippen LogP) is 5.10. The summed E-state index contributed by atoms with van der Waals surface area (Å²) in [6, 6.07) is 13.0. The lowest BCUT2D eigenvalue weighted by Gasteiger charge is -2.12. The minimum Gasteiger partial charge on any atom is -0.354 e. The number of aryl methyl sites for hydroxylation is 1. The van der Waals surface area contributed by atoms with Gasteiger partial charge in [-0.1, -0.05) is 23.7 Å². The highest BCUT2D eigenvalue weighted by atomic mass is 35.5. The Kier molecular flexibility index (Phi) is 4.60. The van der Waals surface area contributed by atoms with E-state index in [1.54, 1.807) is 12.3 Å². The molecule has 0 saturated carbocycles. The van der Waals surface area contributed by atoms with Crippen molar-refractivity contribution in [2.75, 3.05) is 10.6 Å². The Bertz CT molecular complexity index is 834. The number of hydrogen-bond donors (Lipinski definition) is 2. The number of thiazole rings is 1. The van der Waals surface area contributed by atoms with Crippen LogP contribution in [0.1, 0.15) is 15.9 Å². The second-order valence-corrected chi connectivity index (χ2v) is 6.23. The molecule has 0 fully saturated rings. The number of anilines is 3. The lowest BCUT2D eigenvalue weighted by Crippen LogP contribution is -2.12. The molecule has 0 aliphatic carbocycles. The van der Waals surface area contributed by atoms with Crippen molar-refractivity contribution in [3.8, 4) is 0 Å². The molecule has 0 saturated heterocycles. The molecule has 1 amide bonds. The van der Waals surface area contributed by atoms with Crippen LogP contribution < -0.4 is 10.6 Å². The lowest BCUT2D eigenvalue weighted by molar-refractivity contribution is 0.102. The lowest BCUT2D eigenvalue weighted by atomic mass is 10.1. The van der Waals surface area contributed by atoms with Crippen LogP contribution in [0.2, 0.25) is 5.02 Å². The molecule has 2 N–H and O–H groups in total. The van der Waals surface area contributed by atoms with Crippen molar-refractivity contribution in [2.24, 2.45) is 0 Å². The molecule has 0 spiro atoms. The molecule has 0 atom stereocenters. The van der Waals surface area contributed by atoms with E-state index in [-0.39, 0.29) is 5.91 Å². The topological polar surface area (TPSA) is 54.0 Å². The van der Waals surface area contributed by atoms with Gasteiger partial charge in [-0.25, -0.2) is 4.98 Å². The molecule has 0 bridgehead atoms. The fourth-order valence-corrected chi connectivity index (χ4v) is 2.81. The van der Waals surface area contributed by atoms with Gasteiger partial charge in [0, 0.05) is 22.8 Å². The Morgan fingerprint density at radius 2 is 2.00 bits per heavy atom. The number of carbonyl (C=O) groups is 1. The van der Waals surface area contributed by atoms with E-state index in [1.807, 2.05) is 48.7 Å². The smallest absolute Gasteiger partial charge is 0.257 e. The van der Waals surface area contributed by atoms with E-state index in [4.69, 9.17) is 11.6 Å². The highest BCUT2D eigenvalue weighted by Crippen LogP contribution is 2.27. The molecular weight excluding hydrogens is 330 g/mol. The van der Waals surface area contributed by atoms with Crippen molar-refractivity contribution < 1.29 is 4.79 Å². The maximum atomic E-state index is 12.2. The molecule has 0 unspecified atom stereocenters. The Labute approximate surface area is 143 Å². The van der Waals surface area contributed by atoms with Gasteiger partial charge in [-0.15, -0.1) is 11.3 Å². The van der Waals surface area contributed by atoms with E-state index in [0.29, 0.717) is 15.7 Å². The van der Waals surface area contributed by atoms with Crippen LogP contribution in [0, 0.1) is 6.92 Å². The van der Waals surface area contributed by atoms with Gasteiger partial charge in [0.25, 0.3) is 5.91 Å². The van der Waals surface area contributed by atoms with Crippen molar-refractivity contribution >= 4 is 45.4 Å². The number of amides is 1. The highest BCUT2D eigenvalue weighted by Gasteiger charge is 2.10. The molecule has 2 aromatic carbocycles. The maximum Gasteiger partial charge on any atom is 0.257 e. The van der Waals surface area contributed by atoms with Gasteiger partial charge in [0.05, 0.1) is 10.7 Å². The Morgan fingerprint density at radius 3 is 2.70 bits per heavy atom. The SMILES string of the molecule is Cc1cc(C(=O)Nc2nccs2)ccc1Nc1ccccc1Cl. The van der Waals surface area contributed by atoms with E-state index in [9.17, 15) is 4.79 Å². The second kappa shape index (κ2) is 6.81. The number of rotatable bonds is 4. The van der Waals surface area contributed by atoms with Crippen molar-refractivity contribution in [3.63, 3.8) is 0 Å². The minimum atomic E-state index is -0.174. The van der Waals surface area contributed by atoms with Gasteiger partial charge >= 0.3 is 0 Å². The maximum absolute atomic E-state index is 12.2. The van der Waals surface area contributed by atoms with E-state index in [2.05, 4.69) is 15.6 Å². The summed E-state index contributed by atoms with van der Waals surface area (Å²) in [5, 5.41) is 9.11. The summed E-state index contributed by atoms with van der Waals surface area (Å²) in [6.07, 6.45) is 1.65.